The second-order valence-electron chi connectivity index (χ2n) is 7.99. The summed E-state index contributed by atoms with van der Waals surface area (Å²) in [5, 5.41) is 13.0. The first-order valence-corrected chi connectivity index (χ1v) is 11.3. The van der Waals surface area contributed by atoms with Crippen molar-refractivity contribution in [2.75, 3.05) is 14.2 Å². The van der Waals surface area contributed by atoms with Crippen LogP contribution in [-0.2, 0) is 6.54 Å². The molecular weight excluding hydrogens is 430 g/mol. The van der Waals surface area contributed by atoms with E-state index < -0.39 is 0 Å². The minimum Gasteiger partial charge on any atom is -0.496 e. The van der Waals surface area contributed by atoms with E-state index in [0.717, 1.165) is 36.6 Å². The zero-order valence-electron chi connectivity index (χ0n) is 19.6. The highest BCUT2D eigenvalue weighted by Crippen LogP contribution is 2.27. The number of aliphatic hydroxyl groups is 1. The molecule has 1 heterocycles. The first kappa shape index (κ1) is 24.9. The zero-order chi connectivity index (χ0) is 24.3. The van der Waals surface area contributed by atoms with Crippen molar-refractivity contribution in [2.24, 2.45) is 0 Å². The zero-order valence-corrected chi connectivity index (χ0v) is 19.6. The predicted octanol–water partition coefficient (Wildman–Crippen LogP) is 3.97. The third kappa shape index (κ3) is 6.42. The topological polar surface area (TPSA) is 101 Å². The number of amides is 2. The number of nitrogens with one attached hydrogen (secondary N) is 2. The maximum Gasteiger partial charge on any atom is 0.255 e. The van der Waals surface area contributed by atoms with E-state index in [9.17, 15) is 9.59 Å². The van der Waals surface area contributed by atoms with E-state index in [1.165, 1.54) is 12.8 Å². The average Bonchev–Trinajstić information content (AvgIpc) is 3.42. The Morgan fingerprint density at radius 2 is 1.71 bits per heavy atom. The van der Waals surface area contributed by atoms with Crippen LogP contribution in [0.15, 0.2) is 67.0 Å². The third-order valence-electron chi connectivity index (χ3n) is 5.79. The summed E-state index contributed by atoms with van der Waals surface area (Å²) < 4.78 is 5.47. The fraction of sp³-hybridized carbons (Fsp3) is 0.296. The first-order chi connectivity index (χ1) is 16.6. The molecule has 3 aromatic rings. The molecule has 34 heavy (non-hydrogen) atoms. The summed E-state index contributed by atoms with van der Waals surface area (Å²) >= 11 is 0. The molecule has 0 saturated heterocycles. The number of carbonyl (C=O) groups excluding carboxylic acids is 2. The van der Waals surface area contributed by atoms with Crippen LogP contribution in [0.3, 0.4) is 0 Å². The highest BCUT2D eigenvalue weighted by molar-refractivity contribution is 5.98. The second-order valence-corrected chi connectivity index (χ2v) is 7.99. The molecule has 2 amide bonds. The van der Waals surface area contributed by atoms with Gasteiger partial charge in [0.25, 0.3) is 11.8 Å². The van der Waals surface area contributed by atoms with Gasteiger partial charge in [0.05, 0.1) is 12.7 Å². The van der Waals surface area contributed by atoms with Gasteiger partial charge in [-0.2, -0.15) is 0 Å². The van der Waals surface area contributed by atoms with E-state index >= 15 is 0 Å². The number of benzene rings is 2. The van der Waals surface area contributed by atoms with Gasteiger partial charge in [-0.1, -0.05) is 31.0 Å². The molecule has 0 aliphatic heterocycles. The third-order valence-corrected chi connectivity index (χ3v) is 5.79. The summed E-state index contributed by atoms with van der Waals surface area (Å²) in [5.41, 5.74) is 3.88. The number of pyridine rings is 1. The highest BCUT2D eigenvalue weighted by atomic mass is 16.5. The van der Waals surface area contributed by atoms with Crippen LogP contribution in [0.5, 0.6) is 5.75 Å². The molecule has 0 bridgehead atoms. The quantitative estimate of drug-likeness (QED) is 0.494. The van der Waals surface area contributed by atoms with E-state index in [-0.39, 0.29) is 17.9 Å². The molecule has 4 rings (SSSR count). The average molecular weight is 462 g/mol. The highest BCUT2D eigenvalue weighted by Gasteiger charge is 2.18. The second kappa shape index (κ2) is 12.5. The molecule has 1 fully saturated rings. The molecule has 7 heteroatoms. The van der Waals surface area contributed by atoms with Crippen LogP contribution in [-0.4, -0.2) is 42.2 Å². The van der Waals surface area contributed by atoms with Crippen molar-refractivity contribution < 1.29 is 19.4 Å². The van der Waals surface area contributed by atoms with Gasteiger partial charge in [0.1, 0.15) is 5.75 Å². The van der Waals surface area contributed by atoms with Crippen LogP contribution in [0.1, 0.15) is 52.0 Å². The van der Waals surface area contributed by atoms with Crippen molar-refractivity contribution in [3.8, 4) is 16.9 Å². The number of ether oxygens (including phenoxy) is 1. The van der Waals surface area contributed by atoms with Gasteiger partial charge in [-0.25, -0.2) is 0 Å². The fourth-order valence-electron chi connectivity index (χ4n) is 4.04. The van der Waals surface area contributed by atoms with Crippen molar-refractivity contribution in [3.63, 3.8) is 0 Å². The van der Waals surface area contributed by atoms with Gasteiger partial charge < -0.3 is 20.5 Å². The van der Waals surface area contributed by atoms with Crippen molar-refractivity contribution in [1.29, 1.82) is 0 Å². The largest absolute Gasteiger partial charge is 0.496 e. The lowest BCUT2D eigenvalue weighted by molar-refractivity contribution is 0.0935. The van der Waals surface area contributed by atoms with E-state index in [1.54, 1.807) is 31.6 Å². The normalized spacial score (nSPS) is 12.9. The fourth-order valence-corrected chi connectivity index (χ4v) is 4.04. The summed E-state index contributed by atoms with van der Waals surface area (Å²) in [6.45, 7) is 0.318. The van der Waals surface area contributed by atoms with Crippen molar-refractivity contribution in [3.05, 3.63) is 83.7 Å². The number of methoxy groups -OCH3 is 1. The number of aliphatic hydroxyl groups excluding tert-OH is 1. The first-order valence-electron chi connectivity index (χ1n) is 11.3. The molecule has 1 aliphatic rings. The van der Waals surface area contributed by atoms with Gasteiger partial charge >= 0.3 is 0 Å². The Morgan fingerprint density at radius 1 is 0.971 bits per heavy atom. The van der Waals surface area contributed by atoms with Crippen LogP contribution in [0, 0.1) is 0 Å². The Labute approximate surface area is 200 Å². The standard InChI is InChI=1S/C26H27N3O3.CH4O/c1-32-24-16-20(19-11-13-27-14-12-19)9-10-23(24)26(31)28-17-18-5-4-6-21(15-18)25(30)29-22-7-2-3-8-22;1-2/h4-6,9-16,22H,2-3,7-8,17H2,1H3,(H,28,31)(H,29,30);2H,1H3. The SMILES string of the molecule is CO.COc1cc(-c2ccncc2)ccc1C(=O)NCc1cccc(C(=O)NC2CCCC2)c1. The Bertz CT molecular complexity index is 1100. The van der Waals surface area contributed by atoms with Gasteiger partial charge in [0, 0.05) is 37.7 Å². The molecular formula is C27H31N3O4. The summed E-state index contributed by atoms with van der Waals surface area (Å²) in [6.07, 6.45) is 7.88. The minimum absolute atomic E-state index is 0.0570. The van der Waals surface area contributed by atoms with E-state index in [1.807, 2.05) is 42.5 Å². The van der Waals surface area contributed by atoms with Gasteiger partial charge in [-0.05, 0) is 65.9 Å². The molecule has 1 aromatic heterocycles. The molecule has 0 radical (unpaired) electrons. The lowest BCUT2D eigenvalue weighted by Crippen LogP contribution is -2.32. The lowest BCUT2D eigenvalue weighted by atomic mass is 10.0. The van der Waals surface area contributed by atoms with Gasteiger partial charge in [0.2, 0.25) is 0 Å². The molecule has 1 aliphatic carbocycles. The minimum atomic E-state index is -0.232. The number of hydrogen-bond donors (Lipinski definition) is 3. The Hall–Kier alpha value is -3.71. The Morgan fingerprint density at radius 3 is 2.41 bits per heavy atom. The summed E-state index contributed by atoms with van der Waals surface area (Å²) in [6, 6.07) is 17.0. The number of hydrogen-bond acceptors (Lipinski definition) is 5. The van der Waals surface area contributed by atoms with Crippen molar-refractivity contribution in [2.45, 2.75) is 38.3 Å². The van der Waals surface area contributed by atoms with Gasteiger partial charge in [0.15, 0.2) is 0 Å². The van der Waals surface area contributed by atoms with Crippen molar-refractivity contribution in [1.82, 2.24) is 15.6 Å². The summed E-state index contributed by atoms with van der Waals surface area (Å²) in [5.74, 6) is 0.212. The molecule has 7 nitrogen and oxygen atoms in total. The molecule has 0 unspecified atom stereocenters. The van der Waals surface area contributed by atoms with E-state index in [2.05, 4.69) is 15.6 Å². The van der Waals surface area contributed by atoms with Crippen LogP contribution < -0.4 is 15.4 Å². The van der Waals surface area contributed by atoms with Crippen LogP contribution in [0.2, 0.25) is 0 Å². The van der Waals surface area contributed by atoms with E-state index in [0.29, 0.717) is 23.4 Å². The Kier molecular flexibility index (Phi) is 9.17. The number of carbonyl (C=O) groups is 2. The van der Waals surface area contributed by atoms with E-state index in [4.69, 9.17) is 9.84 Å². The maximum absolute atomic E-state index is 12.8. The maximum atomic E-state index is 12.8. The van der Waals surface area contributed by atoms with Gasteiger partial charge in [-0.3, -0.25) is 14.6 Å². The van der Waals surface area contributed by atoms with Gasteiger partial charge in [-0.15, -0.1) is 0 Å². The predicted molar refractivity (Wildman–Crippen MR) is 132 cm³/mol. The Balaban J connectivity index is 0.00000158. The monoisotopic (exact) mass is 461 g/mol. The molecule has 1 saturated carbocycles. The number of aromatic nitrogens is 1. The smallest absolute Gasteiger partial charge is 0.255 e. The summed E-state index contributed by atoms with van der Waals surface area (Å²) in [7, 11) is 2.55. The van der Waals surface area contributed by atoms with Crippen LogP contribution in [0.25, 0.3) is 11.1 Å². The molecule has 178 valence electrons. The lowest BCUT2D eigenvalue weighted by Gasteiger charge is -2.13. The number of rotatable bonds is 7. The summed E-state index contributed by atoms with van der Waals surface area (Å²) in [4.78, 5) is 29.4. The molecule has 2 aromatic carbocycles. The molecule has 0 atom stereocenters. The van der Waals surface area contributed by atoms with Crippen molar-refractivity contribution >= 4 is 11.8 Å². The molecule has 3 N–H and O–H groups in total. The molecule has 0 spiro atoms. The van der Waals surface area contributed by atoms with Crippen LogP contribution >= 0.6 is 0 Å². The van der Waals surface area contributed by atoms with Crippen LogP contribution in [0.4, 0.5) is 0 Å². The number of nitrogens with zero attached hydrogens (tertiary/aromatic N) is 1.